The number of hydrogen-bond donors (Lipinski definition) is 1. The van der Waals surface area contributed by atoms with Crippen LogP contribution < -0.4 is 0 Å². The third-order valence-electron chi connectivity index (χ3n) is 8.01. The van der Waals surface area contributed by atoms with E-state index in [1.807, 2.05) is 0 Å². The van der Waals surface area contributed by atoms with Gasteiger partial charge >= 0.3 is 0 Å². The van der Waals surface area contributed by atoms with Crippen molar-refractivity contribution in [1.29, 1.82) is 0 Å². The summed E-state index contributed by atoms with van der Waals surface area (Å²) in [5.41, 5.74) is 9.30. The van der Waals surface area contributed by atoms with Crippen molar-refractivity contribution in [2.24, 2.45) is 0 Å². The molecule has 0 aliphatic carbocycles. The first kappa shape index (κ1) is 24.5. The number of ether oxygens (including phenoxy) is 2. The molecular formula is C33H34N4O2. The number of pyridine rings is 1. The highest BCUT2D eigenvalue weighted by atomic mass is 16.5. The molecule has 0 unspecified atom stereocenters. The van der Waals surface area contributed by atoms with Crippen LogP contribution in [0.25, 0.3) is 44.3 Å². The van der Waals surface area contributed by atoms with Gasteiger partial charge in [-0.25, -0.2) is 4.98 Å². The van der Waals surface area contributed by atoms with Gasteiger partial charge in [-0.05, 0) is 46.5 Å². The summed E-state index contributed by atoms with van der Waals surface area (Å²) in [4.78, 5) is 13.4. The molecule has 6 nitrogen and oxygen atoms in total. The standard InChI is InChI=1S/C33H34N4O2/c1-5-26(6-2-24(1)22-36-13-17-38-18-14-36)28-9-11-32-30(21-28)29-10-12-31(34-33(29)35-32)27-7-3-25(4-8-27)23-37-15-19-39-20-16-37/h1-12,21H,13-20,22-23H2,(H,34,35). The molecule has 1 N–H and O–H groups in total. The van der Waals surface area contributed by atoms with Gasteiger partial charge in [0.2, 0.25) is 0 Å². The van der Waals surface area contributed by atoms with Gasteiger partial charge in [0, 0.05) is 61.1 Å². The summed E-state index contributed by atoms with van der Waals surface area (Å²) in [7, 11) is 0. The molecule has 0 amide bonds. The number of nitrogens with zero attached hydrogens (tertiary/aromatic N) is 3. The third-order valence-corrected chi connectivity index (χ3v) is 8.01. The van der Waals surface area contributed by atoms with E-state index in [2.05, 4.69) is 93.6 Å². The quantitative estimate of drug-likeness (QED) is 0.312. The molecule has 2 aliphatic heterocycles. The lowest BCUT2D eigenvalue weighted by Crippen LogP contribution is -2.35. The van der Waals surface area contributed by atoms with E-state index in [1.54, 1.807) is 0 Å². The van der Waals surface area contributed by atoms with Gasteiger partial charge in [0.15, 0.2) is 0 Å². The Morgan fingerprint density at radius 2 is 1.15 bits per heavy atom. The van der Waals surface area contributed by atoms with Crippen molar-refractivity contribution in [3.8, 4) is 22.4 Å². The maximum absolute atomic E-state index is 5.48. The van der Waals surface area contributed by atoms with Gasteiger partial charge < -0.3 is 14.5 Å². The van der Waals surface area contributed by atoms with E-state index in [1.165, 1.54) is 27.6 Å². The number of fused-ring (bicyclic) bond motifs is 3. The number of aromatic amines is 1. The second kappa shape index (κ2) is 10.9. The molecule has 198 valence electrons. The topological polar surface area (TPSA) is 53.6 Å². The number of H-pyrrole nitrogens is 1. The number of morpholine rings is 2. The molecule has 0 saturated carbocycles. The van der Waals surface area contributed by atoms with Gasteiger partial charge in [-0.15, -0.1) is 0 Å². The Hall–Kier alpha value is -3.55. The molecule has 0 spiro atoms. The highest BCUT2D eigenvalue weighted by Crippen LogP contribution is 2.31. The monoisotopic (exact) mass is 518 g/mol. The van der Waals surface area contributed by atoms with Gasteiger partial charge in [-0.2, -0.15) is 0 Å². The van der Waals surface area contributed by atoms with Crippen LogP contribution in [0.15, 0.2) is 78.9 Å². The molecule has 6 heteroatoms. The van der Waals surface area contributed by atoms with Crippen LogP contribution in [0.2, 0.25) is 0 Å². The van der Waals surface area contributed by atoms with Gasteiger partial charge in [0.1, 0.15) is 5.65 Å². The number of benzene rings is 3. The molecule has 7 rings (SSSR count). The average Bonchev–Trinajstić information content (AvgIpc) is 3.36. The summed E-state index contributed by atoms with van der Waals surface area (Å²) in [5, 5.41) is 2.36. The highest BCUT2D eigenvalue weighted by Gasteiger charge is 2.13. The Morgan fingerprint density at radius 1 is 0.590 bits per heavy atom. The van der Waals surface area contributed by atoms with E-state index < -0.39 is 0 Å². The normalized spacial score (nSPS) is 17.2. The minimum absolute atomic E-state index is 0.829. The maximum Gasteiger partial charge on any atom is 0.139 e. The Balaban J connectivity index is 1.10. The fraction of sp³-hybridized carbons (Fsp3) is 0.303. The predicted molar refractivity (Wildman–Crippen MR) is 157 cm³/mol. The van der Waals surface area contributed by atoms with Crippen LogP contribution in [0.4, 0.5) is 0 Å². The zero-order chi connectivity index (χ0) is 26.0. The first-order valence-corrected chi connectivity index (χ1v) is 14.0. The van der Waals surface area contributed by atoms with Crippen LogP contribution in [-0.2, 0) is 22.6 Å². The first-order valence-electron chi connectivity index (χ1n) is 14.0. The predicted octanol–water partition coefficient (Wildman–Crippen LogP) is 5.71. The van der Waals surface area contributed by atoms with Crippen LogP contribution in [-0.4, -0.2) is 72.4 Å². The minimum Gasteiger partial charge on any atom is -0.379 e. The molecule has 2 saturated heterocycles. The minimum atomic E-state index is 0.829. The van der Waals surface area contributed by atoms with Crippen LogP contribution >= 0.6 is 0 Å². The Kier molecular flexibility index (Phi) is 6.85. The van der Waals surface area contributed by atoms with Crippen molar-refractivity contribution < 1.29 is 9.47 Å². The molecule has 0 bridgehead atoms. The van der Waals surface area contributed by atoms with E-state index in [4.69, 9.17) is 14.5 Å². The van der Waals surface area contributed by atoms with Crippen molar-refractivity contribution >= 4 is 21.9 Å². The molecule has 5 aromatic rings. The van der Waals surface area contributed by atoms with Gasteiger partial charge in [0.05, 0.1) is 32.1 Å². The summed E-state index contributed by atoms with van der Waals surface area (Å²) in [6.07, 6.45) is 0. The molecule has 2 aliphatic rings. The van der Waals surface area contributed by atoms with E-state index in [0.29, 0.717) is 0 Å². The molecule has 2 fully saturated rings. The lowest BCUT2D eigenvalue weighted by atomic mass is 10.0. The molecule has 4 heterocycles. The van der Waals surface area contributed by atoms with Crippen molar-refractivity contribution in [1.82, 2.24) is 19.8 Å². The third kappa shape index (κ3) is 5.34. The second-order valence-electron chi connectivity index (χ2n) is 10.6. The molecule has 3 aromatic carbocycles. The fourth-order valence-corrected chi connectivity index (χ4v) is 5.73. The SMILES string of the molecule is c1cc(-c2ccc3[nH]c4nc(-c5ccc(CN6CCOCC6)cc5)ccc4c3c2)ccc1CN1CCOCC1. The highest BCUT2D eigenvalue weighted by molar-refractivity contribution is 6.07. The van der Waals surface area contributed by atoms with Gasteiger partial charge in [-0.1, -0.05) is 54.6 Å². The average molecular weight is 519 g/mol. The molecule has 2 aromatic heterocycles. The first-order chi connectivity index (χ1) is 19.3. The molecule has 0 atom stereocenters. The lowest BCUT2D eigenvalue weighted by molar-refractivity contribution is 0.0341. The number of hydrogen-bond acceptors (Lipinski definition) is 5. The van der Waals surface area contributed by atoms with E-state index >= 15 is 0 Å². The Morgan fingerprint density at radius 3 is 1.77 bits per heavy atom. The number of rotatable bonds is 6. The largest absolute Gasteiger partial charge is 0.379 e. The summed E-state index contributed by atoms with van der Waals surface area (Å²) in [6.45, 7) is 9.30. The second-order valence-corrected chi connectivity index (χ2v) is 10.6. The van der Waals surface area contributed by atoms with Crippen molar-refractivity contribution in [3.05, 3.63) is 90.0 Å². The van der Waals surface area contributed by atoms with Gasteiger partial charge in [0.25, 0.3) is 0 Å². The summed E-state index contributed by atoms with van der Waals surface area (Å²) >= 11 is 0. The smallest absolute Gasteiger partial charge is 0.139 e. The van der Waals surface area contributed by atoms with E-state index in [0.717, 1.165) is 93.5 Å². The summed E-state index contributed by atoms with van der Waals surface area (Å²) < 4.78 is 10.9. The number of aromatic nitrogens is 2. The van der Waals surface area contributed by atoms with Gasteiger partial charge in [-0.3, -0.25) is 9.80 Å². The van der Waals surface area contributed by atoms with Crippen molar-refractivity contribution in [2.45, 2.75) is 13.1 Å². The van der Waals surface area contributed by atoms with Crippen molar-refractivity contribution in [3.63, 3.8) is 0 Å². The molecular weight excluding hydrogens is 484 g/mol. The lowest BCUT2D eigenvalue weighted by Gasteiger charge is -2.26. The van der Waals surface area contributed by atoms with Crippen molar-refractivity contribution in [2.75, 3.05) is 52.6 Å². The zero-order valence-electron chi connectivity index (χ0n) is 22.2. The van der Waals surface area contributed by atoms with Crippen LogP contribution in [0.5, 0.6) is 0 Å². The Bertz CT molecular complexity index is 1560. The van der Waals surface area contributed by atoms with E-state index in [9.17, 15) is 0 Å². The molecule has 39 heavy (non-hydrogen) atoms. The summed E-state index contributed by atoms with van der Waals surface area (Å²) in [6, 6.07) is 28.8. The Labute approximate surface area is 229 Å². The summed E-state index contributed by atoms with van der Waals surface area (Å²) in [5.74, 6) is 0. The van der Waals surface area contributed by atoms with E-state index in [-0.39, 0.29) is 0 Å². The van der Waals surface area contributed by atoms with Crippen LogP contribution in [0.3, 0.4) is 0 Å². The fourth-order valence-electron chi connectivity index (χ4n) is 5.73. The number of nitrogens with one attached hydrogen (secondary N) is 1. The van der Waals surface area contributed by atoms with Crippen LogP contribution in [0, 0.1) is 0 Å². The zero-order valence-corrected chi connectivity index (χ0v) is 22.2. The maximum atomic E-state index is 5.48. The molecule has 0 radical (unpaired) electrons. The van der Waals surface area contributed by atoms with Crippen LogP contribution in [0.1, 0.15) is 11.1 Å².